The van der Waals surface area contributed by atoms with Gasteiger partial charge in [0.25, 0.3) is 0 Å². The Hall–Kier alpha value is -5.41. The summed E-state index contributed by atoms with van der Waals surface area (Å²) in [5, 5.41) is 5.03. The Labute approximate surface area is 230 Å². The zero-order chi connectivity index (χ0) is 26.2. The standard InChI is InChI=1S/C37H23N3/c1-2-10-24(11-3-1)36-37-31-23-26(20-21-30(31)34-18-9-19-35(38-36)40(34)37)25-12-8-13-27(22-25)39-32-16-6-4-14-28(32)29-15-5-7-17-33(29)39/h1-23H. The molecule has 0 aliphatic carbocycles. The molecule has 9 rings (SSSR count). The normalized spacial score (nSPS) is 12.0. The van der Waals surface area contributed by atoms with Crippen LogP contribution in [0.15, 0.2) is 140 Å². The fraction of sp³-hybridized carbons (Fsp3) is 0. The summed E-state index contributed by atoms with van der Waals surface area (Å²) in [4.78, 5) is 5.06. The molecule has 3 nitrogen and oxygen atoms in total. The summed E-state index contributed by atoms with van der Waals surface area (Å²) >= 11 is 0. The first-order valence-electron chi connectivity index (χ1n) is 13.7. The van der Waals surface area contributed by atoms with Crippen molar-refractivity contribution >= 4 is 49.3 Å². The molecule has 40 heavy (non-hydrogen) atoms. The van der Waals surface area contributed by atoms with Crippen molar-refractivity contribution in [2.45, 2.75) is 0 Å². The largest absolute Gasteiger partial charge is 0.309 e. The quantitative estimate of drug-likeness (QED) is 0.232. The van der Waals surface area contributed by atoms with Crippen LogP contribution in [0.4, 0.5) is 0 Å². The van der Waals surface area contributed by atoms with Gasteiger partial charge in [0.05, 0.1) is 27.8 Å². The highest BCUT2D eigenvalue weighted by atomic mass is 15.0. The molecule has 0 aliphatic rings. The number of pyridine rings is 1. The van der Waals surface area contributed by atoms with Crippen LogP contribution in [0, 0.1) is 0 Å². The molecule has 4 heterocycles. The van der Waals surface area contributed by atoms with Gasteiger partial charge in [-0.05, 0) is 53.6 Å². The van der Waals surface area contributed by atoms with Gasteiger partial charge in [-0.25, -0.2) is 4.98 Å². The van der Waals surface area contributed by atoms with Crippen molar-refractivity contribution in [1.29, 1.82) is 0 Å². The lowest BCUT2D eigenvalue weighted by Gasteiger charge is -2.10. The van der Waals surface area contributed by atoms with Crippen molar-refractivity contribution in [3.63, 3.8) is 0 Å². The van der Waals surface area contributed by atoms with E-state index in [1.54, 1.807) is 0 Å². The van der Waals surface area contributed by atoms with Crippen molar-refractivity contribution in [2.24, 2.45) is 0 Å². The van der Waals surface area contributed by atoms with E-state index in [1.165, 1.54) is 54.7 Å². The number of hydrogen-bond acceptors (Lipinski definition) is 1. The molecule has 0 amide bonds. The molecule has 0 spiro atoms. The maximum atomic E-state index is 5.06. The number of benzene rings is 5. The highest BCUT2D eigenvalue weighted by Crippen LogP contribution is 2.39. The van der Waals surface area contributed by atoms with Gasteiger partial charge >= 0.3 is 0 Å². The molecule has 0 saturated carbocycles. The van der Waals surface area contributed by atoms with E-state index in [0.717, 1.165) is 22.6 Å². The highest BCUT2D eigenvalue weighted by Gasteiger charge is 2.19. The summed E-state index contributed by atoms with van der Waals surface area (Å²) in [5.41, 5.74) is 11.5. The van der Waals surface area contributed by atoms with E-state index in [1.807, 2.05) is 0 Å². The van der Waals surface area contributed by atoms with Crippen LogP contribution < -0.4 is 0 Å². The molecule has 0 bridgehead atoms. The Morgan fingerprint density at radius 1 is 0.425 bits per heavy atom. The van der Waals surface area contributed by atoms with Gasteiger partial charge in [-0.2, -0.15) is 0 Å². The van der Waals surface area contributed by atoms with Crippen LogP contribution in [0.3, 0.4) is 0 Å². The van der Waals surface area contributed by atoms with Crippen molar-refractivity contribution in [3.05, 3.63) is 140 Å². The van der Waals surface area contributed by atoms with Crippen LogP contribution in [-0.2, 0) is 0 Å². The van der Waals surface area contributed by atoms with Gasteiger partial charge in [0.2, 0.25) is 0 Å². The Kier molecular flexibility index (Phi) is 4.33. The minimum absolute atomic E-state index is 0.984. The summed E-state index contributed by atoms with van der Waals surface area (Å²) in [6.45, 7) is 0. The van der Waals surface area contributed by atoms with Crippen LogP contribution in [0.2, 0.25) is 0 Å². The summed E-state index contributed by atoms with van der Waals surface area (Å²) in [6.07, 6.45) is 0. The second-order valence-electron chi connectivity index (χ2n) is 10.5. The second-order valence-corrected chi connectivity index (χ2v) is 10.5. The van der Waals surface area contributed by atoms with Crippen LogP contribution in [0.5, 0.6) is 0 Å². The van der Waals surface area contributed by atoms with Crippen LogP contribution >= 0.6 is 0 Å². The summed E-state index contributed by atoms with van der Waals surface area (Å²) in [6, 6.07) is 50.0. The lowest BCUT2D eigenvalue weighted by Crippen LogP contribution is -1.94. The second kappa shape index (κ2) is 8.05. The molecule has 0 radical (unpaired) electrons. The smallest absolute Gasteiger partial charge is 0.138 e. The molecular weight excluding hydrogens is 486 g/mol. The molecule has 0 fully saturated rings. The van der Waals surface area contributed by atoms with Gasteiger partial charge in [-0.1, -0.05) is 97.1 Å². The number of imidazole rings is 1. The Morgan fingerprint density at radius 3 is 1.85 bits per heavy atom. The molecule has 0 aliphatic heterocycles. The van der Waals surface area contributed by atoms with Gasteiger partial charge in [-0.15, -0.1) is 0 Å². The topological polar surface area (TPSA) is 22.2 Å². The maximum absolute atomic E-state index is 5.06. The van der Waals surface area contributed by atoms with Crippen LogP contribution in [0.1, 0.15) is 0 Å². The zero-order valence-corrected chi connectivity index (χ0v) is 21.6. The van der Waals surface area contributed by atoms with E-state index in [0.29, 0.717) is 0 Å². The van der Waals surface area contributed by atoms with Crippen LogP contribution in [0.25, 0.3) is 77.3 Å². The Morgan fingerprint density at radius 2 is 1.05 bits per heavy atom. The average molecular weight is 510 g/mol. The van der Waals surface area contributed by atoms with E-state index in [2.05, 4.69) is 148 Å². The van der Waals surface area contributed by atoms with Gasteiger partial charge < -0.3 is 4.57 Å². The molecule has 9 aromatic rings. The van der Waals surface area contributed by atoms with Gasteiger partial charge in [0.1, 0.15) is 5.65 Å². The first-order valence-corrected chi connectivity index (χ1v) is 13.7. The van der Waals surface area contributed by atoms with Gasteiger partial charge in [0.15, 0.2) is 0 Å². The molecule has 0 saturated heterocycles. The fourth-order valence-corrected chi connectivity index (χ4v) is 6.52. The van der Waals surface area contributed by atoms with Gasteiger partial charge in [-0.3, -0.25) is 4.40 Å². The zero-order valence-electron chi connectivity index (χ0n) is 21.6. The minimum atomic E-state index is 0.984. The lowest BCUT2D eigenvalue weighted by atomic mass is 10.0. The molecule has 5 aromatic carbocycles. The number of hydrogen-bond donors (Lipinski definition) is 0. The first-order chi connectivity index (χ1) is 19.8. The predicted octanol–water partition coefficient (Wildman–Crippen LogP) is 9.51. The molecular formula is C37H23N3. The maximum Gasteiger partial charge on any atom is 0.138 e. The summed E-state index contributed by atoms with van der Waals surface area (Å²) in [7, 11) is 0. The number of fused-ring (bicyclic) bond motifs is 6. The fourth-order valence-electron chi connectivity index (χ4n) is 6.52. The number of aromatic nitrogens is 3. The van der Waals surface area contributed by atoms with E-state index < -0.39 is 0 Å². The van der Waals surface area contributed by atoms with E-state index >= 15 is 0 Å². The van der Waals surface area contributed by atoms with Crippen molar-refractivity contribution < 1.29 is 0 Å². The van der Waals surface area contributed by atoms with Crippen molar-refractivity contribution in [2.75, 3.05) is 0 Å². The Bertz CT molecular complexity index is 2320. The number of para-hydroxylation sites is 2. The molecule has 186 valence electrons. The van der Waals surface area contributed by atoms with E-state index in [4.69, 9.17) is 4.98 Å². The van der Waals surface area contributed by atoms with E-state index in [9.17, 15) is 0 Å². The highest BCUT2D eigenvalue weighted by molar-refractivity contribution is 6.15. The lowest BCUT2D eigenvalue weighted by molar-refractivity contribution is 1.18. The SMILES string of the molecule is c1ccc(-c2nc3cccc4c5ccc(-c6cccc(-n7c8ccccc8c8ccccc87)c6)cc5c2n34)cc1. The van der Waals surface area contributed by atoms with Crippen molar-refractivity contribution in [1.82, 2.24) is 14.0 Å². The third kappa shape index (κ3) is 2.92. The van der Waals surface area contributed by atoms with E-state index in [-0.39, 0.29) is 0 Å². The predicted molar refractivity (Wildman–Crippen MR) is 167 cm³/mol. The first kappa shape index (κ1) is 21.5. The molecule has 3 heteroatoms. The summed E-state index contributed by atoms with van der Waals surface area (Å²) in [5.74, 6) is 0. The monoisotopic (exact) mass is 509 g/mol. The molecule has 0 atom stereocenters. The molecule has 4 aromatic heterocycles. The van der Waals surface area contributed by atoms with Gasteiger partial charge in [0, 0.05) is 32.8 Å². The Balaban J connectivity index is 1.28. The molecule has 0 N–H and O–H groups in total. The number of rotatable bonds is 3. The molecule has 0 unspecified atom stereocenters. The third-order valence-electron chi connectivity index (χ3n) is 8.26. The summed E-state index contributed by atoms with van der Waals surface area (Å²) < 4.78 is 4.69. The van der Waals surface area contributed by atoms with Crippen LogP contribution in [-0.4, -0.2) is 14.0 Å². The minimum Gasteiger partial charge on any atom is -0.309 e. The van der Waals surface area contributed by atoms with Crippen molar-refractivity contribution in [3.8, 4) is 28.1 Å². The third-order valence-corrected chi connectivity index (χ3v) is 8.26. The average Bonchev–Trinajstić information content (AvgIpc) is 3.68. The number of nitrogens with zero attached hydrogens (tertiary/aromatic N) is 3.